The van der Waals surface area contributed by atoms with Crippen LogP contribution in [0.2, 0.25) is 0 Å². The minimum absolute atomic E-state index is 0.160. The van der Waals surface area contributed by atoms with Crippen LogP contribution in [0.25, 0.3) is 5.69 Å². The molecule has 0 bridgehead atoms. The van der Waals surface area contributed by atoms with Gasteiger partial charge in [0.1, 0.15) is 6.26 Å². The van der Waals surface area contributed by atoms with Crippen LogP contribution in [-0.2, 0) is 11.2 Å². The van der Waals surface area contributed by atoms with E-state index >= 15 is 0 Å². The normalized spacial score (nSPS) is 10.6. The smallest absolute Gasteiger partial charge is 0.360 e. The fourth-order valence-corrected chi connectivity index (χ4v) is 1.93. The molecule has 0 amide bonds. The van der Waals surface area contributed by atoms with Crippen molar-refractivity contribution in [3.05, 3.63) is 60.1 Å². The topological polar surface area (TPSA) is 83.0 Å². The molecule has 0 fully saturated rings. The molecule has 0 aliphatic rings. The van der Waals surface area contributed by atoms with Crippen molar-refractivity contribution < 1.29 is 13.9 Å². The van der Waals surface area contributed by atoms with Crippen molar-refractivity contribution >= 4 is 5.97 Å². The van der Waals surface area contributed by atoms with Gasteiger partial charge in [-0.2, -0.15) is 0 Å². The van der Waals surface area contributed by atoms with E-state index in [1.807, 2.05) is 30.3 Å². The first-order chi connectivity index (χ1) is 10.8. The number of nitrogens with zero attached hydrogens (tertiary/aromatic N) is 4. The lowest BCUT2D eigenvalue weighted by atomic mass is 10.3. The van der Waals surface area contributed by atoms with Crippen LogP contribution in [0.4, 0.5) is 0 Å². The summed E-state index contributed by atoms with van der Waals surface area (Å²) in [5.74, 6) is -0.103. The molecular formula is C15H14N4O3. The van der Waals surface area contributed by atoms with Gasteiger partial charge in [-0.3, -0.25) is 0 Å². The van der Waals surface area contributed by atoms with Gasteiger partial charge in [-0.1, -0.05) is 23.4 Å². The molecule has 0 N–H and O–H groups in total. The standard InChI is InChI=1S/C15H14N4O3/c1-2-21-15(20)13-10-22-14(16-13)8-11-9-19(18-17-11)12-6-4-3-5-7-12/h3-7,9-10H,2,8H2,1H3. The molecule has 3 rings (SSSR count). The van der Waals surface area contributed by atoms with Crippen LogP contribution >= 0.6 is 0 Å². The van der Waals surface area contributed by atoms with Crippen molar-refractivity contribution in [1.29, 1.82) is 0 Å². The van der Waals surface area contributed by atoms with Gasteiger partial charge in [-0.25, -0.2) is 14.5 Å². The quantitative estimate of drug-likeness (QED) is 0.670. The molecule has 2 aromatic heterocycles. The highest BCUT2D eigenvalue weighted by molar-refractivity contribution is 5.86. The van der Waals surface area contributed by atoms with Gasteiger partial charge in [-0.15, -0.1) is 5.10 Å². The molecule has 7 heteroatoms. The van der Waals surface area contributed by atoms with E-state index in [1.165, 1.54) is 6.26 Å². The van der Waals surface area contributed by atoms with Gasteiger partial charge < -0.3 is 9.15 Å². The Bertz CT molecular complexity index is 764. The van der Waals surface area contributed by atoms with Gasteiger partial charge in [0.25, 0.3) is 0 Å². The molecule has 0 saturated carbocycles. The lowest BCUT2D eigenvalue weighted by Crippen LogP contribution is -2.05. The number of hydrogen-bond donors (Lipinski definition) is 0. The number of esters is 1. The second-order valence-electron chi connectivity index (χ2n) is 4.51. The van der Waals surface area contributed by atoms with Crippen LogP contribution in [0.3, 0.4) is 0 Å². The van der Waals surface area contributed by atoms with Crippen LogP contribution < -0.4 is 0 Å². The van der Waals surface area contributed by atoms with E-state index in [-0.39, 0.29) is 5.69 Å². The summed E-state index contributed by atoms with van der Waals surface area (Å²) in [6, 6.07) is 9.66. The highest BCUT2D eigenvalue weighted by atomic mass is 16.5. The average molecular weight is 298 g/mol. The van der Waals surface area contributed by atoms with Gasteiger partial charge >= 0.3 is 5.97 Å². The lowest BCUT2D eigenvalue weighted by molar-refractivity contribution is 0.0519. The molecule has 22 heavy (non-hydrogen) atoms. The highest BCUT2D eigenvalue weighted by Gasteiger charge is 2.14. The van der Waals surface area contributed by atoms with E-state index in [0.29, 0.717) is 24.6 Å². The van der Waals surface area contributed by atoms with Crippen molar-refractivity contribution in [2.45, 2.75) is 13.3 Å². The van der Waals surface area contributed by atoms with E-state index in [9.17, 15) is 4.79 Å². The Balaban J connectivity index is 1.72. The van der Waals surface area contributed by atoms with Crippen LogP contribution in [0, 0.1) is 0 Å². The molecule has 0 saturated heterocycles. The van der Waals surface area contributed by atoms with Gasteiger partial charge in [0, 0.05) is 0 Å². The maximum atomic E-state index is 11.5. The third-order valence-corrected chi connectivity index (χ3v) is 2.93. The van der Waals surface area contributed by atoms with E-state index < -0.39 is 5.97 Å². The van der Waals surface area contributed by atoms with Crippen molar-refractivity contribution in [1.82, 2.24) is 20.0 Å². The maximum Gasteiger partial charge on any atom is 0.360 e. The van der Waals surface area contributed by atoms with Crippen molar-refractivity contribution in [3.8, 4) is 5.69 Å². The number of benzene rings is 1. The average Bonchev–Trinajstić information content (AvgIpc) is 3.18. The molecule has 7 nitrogen and oxygen atoms in total. The molecule has 0 radical (unpaired) electrons. The Labute approximate surface area is 126 Å². The Kier molecular flexibility index (Phi) is 3.95. The zero-order valence-corrected chi connectivity index (χ0v) is 12.0. The Hall–Kier alpha value is -2.96. The zero-order valence-electron chi connectivity index (χ0n) is 12.0. The second kappa shape index (κ2) is 6.21. The largest absolute Gasteiger partial charge is 0.461 e. The summed E-state index contributed by atoms with van der Waals surface area (Å²) >= 11 is 0. The third kappa shape index (κ3) is 3.03. The predicted octanol–water partition coefficient (Wildman–Crippen LogP) is 2.02. The van der Waals surface area contributed by atoms with Crippen molar-refractivity contribution in [2.75, 3.05) is 6.61 Å². The molecular weight excluding hydrogens is 284 g/mol. The van der Waals surface area contributed by atoms with Gasteiger partial charge in [0.05, 0.1) is 30.6 Å². The number of aromatic nitrogens is 4. The van der Waals surface area contributed by atoms with E-state index in [4.69, 9.17) is 9.15 Å². The third-order valence-electron chi connectivity index (χ3n) is 2.93. The summed E-state index contributed by atoms with van der Waals surface area (Å²) in [6.07, 6.45) is 3.44. The van der Waals surface area contributed by atoms with Crippen molar-refractivity contribution in [2.24, 2.45) is 0 Å². The first kappa shape index (κ1) is 14.0. The predicted molar refractivity (Wildman–Crippen MR) is 76.6 cm³/mol. The van der Waals surface area contributed by atoms with E-state index in [0.717, 1.165) is 5.69 Å². The molecule has 0 aliphatic heterocycles. The summed E-state index contributed by atoms with van der Waals surface area (Å²) in [7, 11) is 0. The number of oxazole rings is 1. The monoisotopic (exact) mass is 298 g/mol. The van der Waals surface area contributed by atoms with Crippen LogP contribution in [0.1, 0.15) is 29.0 Å². The molecule has 2 heterocycles. The van der Waals surface area contributed by atoms with E-state index in [1.54, 1.807) is 17.8 Å². The molecule has 0 spiro atoms. The summed E-state index contributed by atoms with van der Waals surface area (Å²) in [4.78, 5) is 15.6. The lowest BCUT2D eigenvalue weighted by Gasteiger charge is -1.97. The maximum absolute atomic E-state index is 11.5. The minimum atomic E-state index is -0.495. The molecule has 0 atom stereocenters. The van der Waals surface area contributed by atoms with Crippen LogP contribution in [0.5, 0.6) is 0 Å². The Morgan fingerprint density at radius 1 is 1.32 bits per heavy atom. The summed E-state index contributed by atoms with van der Waals surface area (Å²) in [6.45, 7) is 2.03. The molecule has 3 aromatic rings. The summed E-state index contributed by atoms with van der Waals surface area (Å²) < 4.78 is 11.8. The van der Waals surface area contributed by atoms with Crippen molar-refractivity contribution in [3.63, 3.8) is 0 Å². The minimum Gasteiger partial charge on any atom is -0.461 e. The second-order valence-corrected chi connectivity index (χ2v) is 4.51. The number of para-hydroxylation sites is 1. The first-order valence-corrected chi connectivity index (χ1v) is 6.84. The summed E-state index contributed by atoms with van der Waals surface area (Å²) in [5, 5.41) is 8.13. The summed E-state index contributed by atoms with van der Waals surface area (Å²) in [5.41, 5.74) is 1.77. The van der Waals surface area contributed by atoms with E-state index in [2.05, 4.69) is 15.3 Å². The Morgan fingerprint density at radius 3 is 2.91 bits per heavy atom. The molecule has 0 unspecified atom stereocenters. The number of carbonyl (C=O) groups excluding carboxylic acids is 1. The SMILES string of the molecule is CCOC(=O)c1coc(Cc2cn(-c3ccccc3)nn2)n1. The van der Waals surface area contributed by atoms with Crippen LogP contribution in [-0.4, -0.2) is 32.6 Å². The number of rotatable bonds is 5. The van der Waals surface area contributed by atoms with Crippen LogP contribution in [0.15, 0.2) is 47.2 Å². The van der Waals surface area contributed by atoms with Gasteiger partial charge in [-0.05, 0) is 19.1 Å². The number of hydrogen-bond acceptors (Lipinski definition) is 6. The number of carbonyl (C=O) groups is 1. The number of ether oxygens (including phenoxy) is 1. The molecule has 1 aromatic carbocycles. The fourth-order valence-electron chi connectivity index (χ4n) is 1.93. The first-order valence-electron chi connectivity index (χ1n) is 6.84. The van der Waals surface area contributed by atoms with Gasteiger partial charge in [0.15, 0.2) is 5.69 Å². The molecule has 0 aliphatic carbocycles. The Morgan fingerprint density at radius 2 is 2.14 bits per heavy atom. The molecule has 112 valence electrons. The highest BCUT2D eigenvalue weighted by Crippen LogP contribution is 2.11. The van der Waals surface area contributed by atoms with Gasteiger partial charge in [0.2, 0.25) is 5.89 Å². The zero-order chi connectivity index (χ0) is 15.4. The fraction of sp³-hybridized carbons (Fsp3) is 0.200.